The van der Waals surface area contributed by atoms with Crippen molar-refractivity contribution < 1.29 is 15.0 Å². The van der Waals surface area contributed by atoms with Gasteiger partial charge >= 0.3 is 0 Å². The molecule has 0 heterocycles. The normalized spacial score (nSPS) is 3.25. The zero-order valence-corrected chi connectivity index (χ0v) is 4.71. The van der Waals surface area contributed by atoms with Gasteiger partial charge in [-0.3, -0.25) is 0 Å². The largest absolute Gasteiger partial charge is 0.565 e. The molecule has 0 aromatic heterocycles. The number of hydrogen-bond donors (Lipinski definition) is 3. The molecular weight excluding hydrogens is 114 g/mol. The minimum absolute atomic E-state index is 0. The topological polar surface area (TPSA) is 157 Å². The molecule has 0 saturated carbocycles. The summed E-state index contributed by atoms with van der Waals surface area (Å²) in [6.45, 7) is 4.75. The Kier molecular flexibility index (Phi) is 165. The van der Waals surface area contributed by atoms with Crippen molar-refractivity contribution in [2.45, 2.75) is 0 Å². The lowest BCUT2D eigenvalue weighted by Gasteiger charge is -1.74. The van der Waals surface area contributed by atoms with Crippen LogP contribution in [-0.2, 0) is 0 Å². The third kappa shape index (κ3) is 36.4. The summed E-state index contributed by atoms with van der Waals surface area (Å²) < 4.78 is 0. The van der Waals surface area contributed by atoms with E-state index in [0.717, 1.165) is 0 Å². The Bertz CT molecular complexity index is 56.8. The standard InChI is InChI=1S/CN.CH2O3.2H3N/c1-2;2-1(3)4;;/h;(H2,2,3,4);2*1H3/q-1;;;/p+1. The third-order valence-corrected chi connectivity index (χ3v) is 0. The Hall–Kier alpha value is -1.32. The Morgan fingerprint density at radius 3 is 1.50 bits per heavy atom. The van der Waals surface area contributed by atoms with Crippen LogP contribution in [0.5, 0.6) is 0 Å². The minimum atomic E-state index is -2.08. The van der Waals surface area contributed by atoms with Gasteiger partial charge in [0.05, 0.1) is 0 Å². The van der Waals surface area contributed by atoms with E-state index in [4.69, 9.17) is 26.8 Å². The van der Waals surface area contributed by atoms with E-state index in [9.17, 15) is 0 Å². The van der Waals surface area contributed by atoms with Crippen molar-refractivity contribution in [1.29, 1.82) is 5.26 Å². The van der Waals surface area contributed by atoms with Crippen molar-refractivity contribution in [2.24, 2.45) is 0 Å². The van der Waals surface area contributed by atoms with Gasteiger partial charge in [0.25, 0.3) is 0 Å². The molecule has 6 nitrogen and oxygen atoms in total. The van der Waals surface area contributed by atoms with Crippen LogP contribution < -0.4 is 17.4 Å². The van der Waals surface area contributed by atoms with Crippen molar-refractivity contribution in [2.75, 3.05) is 0 Å². The summed E-state index contributed by atoms with van der Waals surface area (Å²) >= 11 is 0. The Morgan fingerprint density at radius 1 is 1.50 bits per heavy atom. The Balaban J connectivity index is -0.0000000183. The molecule has 0 radical (unpaired) electrons. The highest BCUT2D eigenvalue weighted by atomic mass is 16.6. The first-order valence-electron chi connectivity index (χ1n) is 0.855. The monoisotopic (exact) mass is 123 g/mol. The number of nitrogens with zero attached hydrogens (tertiary/aromatic N) is 1. The van der Waals surface area contributed by atoms with Gasteiger partial charge in [-0.05, 0) is 0 Å². The SMILES string of the molecule is O=C([O-])O.[C-]#N.[NH4+].[NH4+]. The first kappa shape index (κ1) is 30.0. The van der Waals surface area contributed by atoms with Gasteiger partial charge in [0.2, 0.25) is 6.16 Å². The first-order valence-corrected chi connectivity index (χ1v) is 0.855. The van der Waals surface area contributed by atoms with Crippen LogP contribution in [0.4, 0.5) is 4.79 Å². The average molecular weight is 123 g/mol. The van der Waals surface area contributed by atoms with Gasteiger partial charge in [-0.1, -0.05) is 0 Å². The van der Waals surface area contributed by atoms with Crippen LogP contribution in [0.15, 0.2) is 0 Å². The van der Waals surface area contributed by atoms with Crippen molar-refractivity contribution in [3.8, 4) is 0 Å². The molecule has 0 spiro atoms. The van der Waals surface area contributed by atoms with Gasteiger partial charge < -0.3 is 39.1 Å². The van der Waals surface area contributed by atoms with E-state index in [2.05, 4.69) is 0 Å². The van der Waals surface area contributed by atoms with E-state index in [1.54, 1.807) is 0 Å². The molecule has 0 amide bonds. The van der Waals surface area contributed by atoms with Gasteiger partial charge in [-0.2, -0.15) is 0 Å². The summed E-state index contributed by atoms with van der Waals surface area (Å²) in [7, 11) is 0. The van der Waals surface area contributed by atoms with E-state index in [1.807, 2.05) is 0 Å². The average Bonchev–Trinajstić information content (AvgIpc) is 1.41. The molecule has 0 rings (SSSR count). The quantitative estimate of drug-likeness (QED) is 0.379. The molecule has 0 unspecified atom stereocenters. The second-order valence-corrected chi connectivity index (χ2v) is 0.266. The summed E-state index contributed by atoms with van der Waals surface area (Å²) in [6.07, 6.45) is -2.08. The zero-order chi connectivity index (χ0) is 5.58. The van der Waals surface area contributed by atoms with Crippen LogP contribution >= 0.6 is 0 Å². The van der Waals surface area contributed by atoms with E-state index in [1.165, 1.54) is 0 Å². The van der Waals surface area contributed by atoms with Crippen LogP contribution in [0, 0.1) is 11.8 Å². The highest BCUT2D eigenvalue weighted by molar-refractivity contribution is 5.50. The maximum atomic E-state index is 8.44. The lowest BCUT2D eigenvalue weighted by molar-refractivity contribution is -0.275. The zero-order valence-electron chi connectivity index (χ0n) is 4.71. The van der Waals surface area contributed by atoms with Gasteiger partial charge in [0.15, 0.2) is 0 Å². The summed E-state index contributed by atoms with van der Waals surface area (Å²) in [5.41, 5.74) is 0. The van der Waals surface area contributed by atoms with E-state index in [-0.39, 0.29) is 12.3 Å². The van der Waals surface area contributed by atoms with Crippen molar-refractivity contribution >= 4 is 6.16 Å². The first-order chi connectivity index (χ1) is 2.73. The molecule has 50 valence electrons. The minimum Gasteiger partial charge on any atom is -0.565 e. The molecule has 0 fully saturated rings. The molecule has 0 aromatic carbocycles. The second-order valence-electron chi connectivity index (χ2n) is 0.266. The van der Waals surface area contributed by atoms with Gasteiger partial charge in [0.1, 0.15) is 0 Å². The summed E-state index contributed by atoms with van der Waals surface area (Å²) in [6, 6.07) is 0. The van der Waals surface area contributed by atoms with E-state index >= 15 is 0 Å². The third-order valence-electron chi connectivity index (χ3n) is 0. The van der Waals surface area contributed by atoms with Crippen molar-refractivity contribution in [1.82, 2.24) is 12.3 Å². The van der Waals surface area contributed by atoms with Crippen LogP contribution in [0.25, 0.3) is 0 Å². The molecule has 0 aliphatic carbocycles. The number of quaternary nitrogens is 2. The fraction of sp³-hybridized carbons (Fsp3) is 0. The summed E-state index contributed by atoms with van der Waals surface area (Å²) in [5.74, 6) is 0. The molecule has 0 aromatic rings. The van der Waals surface area contributed by atoms with Gasteiger partial charge in [-0.15, -0.1) is 0 Å². The maximum absolute atomic E-state index is 8.44. The Morgan fingerprint density at radius 2 is 1.50 bits per heavy atom. The lowest BCUT2D eigenvalue weighted by Crippen LogP contribution is -2.17. The molecule has 0 aliphatic rings. The highest BCUT2D eigenvalue weighted by Gasteiger charge is 1.51. The molecule has 0 atom stereocenters. The summed E-state index contributed by atoms with van der Waals surface area (Å²) in [4.78, 5) is 8.44. The maximum Gasteiger partial charge on any atom is 0.249 e. The predicted octanol–water partition coefficient (Wildman–Crippen LogP) is -0.264. The smallest absolute Gasteiger partial charge is 0.249 e. The van der Waals surface area contributed by atoms with Gasteiger partial charge in [0, 0.05) is 0 Å². The number of rotatable bonds is 0. The van der Waals surface area contributed by atoms with Gasteiger partial charge in [-0.25, -0.2) is 0 Å². The molecule has 6 heteroatoms. The number of hydrogen-bond acceptors (Lipinski definition) is 3. The molecule has 8 heavy (non-hydrogen) atoms. The molecule has 9 N–H and O–H groups in total. The molecular formula is C2H9N3O3. The second kappa shape index (κ2) is 44.1. The number of carbonyl (C=O) groups is 1. The van der Waals surface area contributed by atoms with Crippen LogP contribution in [0.1, 0.15) is 0 Å². The van der Waals surface area contributed by atoms with E-state index in [0.29, 0.717) is 0 Å². The molecule has 0 aliphatic heterocycles. The van der Waals surface area contributed by atoms with Crippen molar-refractivity contribution in [3.05, 3.63) is 6.57 Å². The van der Waals surface area contributed by atoms with E-state index < -0.39 is 6.16 Å². The van der Waals surface area contributed by atoms with Crippen LogP contribution in [-0.4, -0.2) is 11.3 Å². The fourth-order valence-electron chi connectivity index (χ4n) is 0. The highest BCUT2D eigenvalue weighted by Crippen LogP contribution is 1.32. The molecule has 0 saturated heterocycles. The number of carboxylic acid groups (broad SMARTS) is 2. The molecule has 0 bridgehead atoms. The van der Waals surface area contributed by atoms with Crippen LogP contribution in [0.3, 0.4) is 0 Å². The van der Waals surface area contributed by atoms with Crippen LogP contribution in [0.2, 0.25) is 0 Å². The predicted molar refractivity (Wildman–Crippen MR) is 25.0 cm³/mol. The fourth-order valence-corrected chi connectivity index (χ4v) is 0. The Labute approximate surface area is 46.5 Å². The van der Waals surface area contributed by atoms with Crippen molar-refractivity contribution in [3.63, 3.8) is 0 Å². The summed E-state index contributed by atoms with van der Waals surface area (Å²) in [5, 5.41) is 21.6. The lowest BCUT2D eigenvalue weighted by atomic mass is 11.5.